The molecule has 2 aromatic carbocycles. The molecule has 0 amide bonds. The van der Waals surface area contributed by atoms with Crippen LogP contribution in [0.5, 0.6) is 5.75 Å². The van der Waals surface area contributed by atoms with Gasteiger partial charge in [0.15, 0.2) is 11.6 Å². The van der Waals surface area contributed by atoms with Gasteiger partial charge < -0.3 is 9.47 Å². The van der Waals surface area contributed by atoms with Gasteiger partial charge in [0.1, 0.15) is 11.9 Å². The van der Waals surface area contributed by atoms with E-state index in [4.69, 9.17) is 9.47 Å². The molecule has 0 saturated carbocycles. The van der Waals surface area contributed by atoms with Crippen molar-refractivity contribution in [2.75, 3.05) is 6.61 Å². The van der Waals surface area contributed by atoms with Crippen molar-refractivity contribution in [2.45, 2.75) is 44.6 Å². The maximum Gasteiger partial charge on any atom is 0.305 e. The monoisotopic (exact) mass is 418 g/mol. The molecular formula is C24H22F4O2. The van der Waals surface area contributed by atoms with E-state index in [0.717, 1.165) is 18.4 Å². The van der Waals surface area contributed by atoms with Crippen molar-refractivity contribution in [1.29, 1.82) is 0 Å². The van der Waals surface area contributed by atoms with Crippen LogP contribution in [0.15, 0.2) is 48.8 Å². The Bertz CT molecular complexity index is 1030. The number of alkyl halides is 2. The van der Waals surface area contributed by atoms with Crippen LogP contribution in [0.2, 0.25) is 0 Å². The molecular weight excluding hydrogens is 396 g/mol. The van der Waals surface area contributed by atoms with E-state index >= 15 is 13.2 Å². The highest BCUT2D eigenvalue weighted by atomic mass is 19.3. The molecule has 0 N–H and O–H groups in total. The second-order valence-corrected chi connectivity index (χ2v) is 7.47. The van der Waals surface area contributed by atoms with Gasteiger partial charge in [-0.2, -0.15) is 8.78 Å². The number of fused-ring (bicyclic) bond motifs is 3. The summed E-state index contributed by atoms with van der Waals surface area (Å²) in [5, 5.41) is 0. The number of allylic oxidation sites excluding steroid dienone is 2. The van der Waals surface area contributed by atoms with Gasteiger partial charge in [-0.1, -0.05) is 18.2 Å². The van der Waals surface area contributed by atoms with E-state index in [1.807, 2.05) is 6.08 Å². The number of hydrogen-bond donors (Lipinski definition) is 0. The maximum atomic E-state index is 15.4. The second kappa shape index (κ2) is 7.82. The van der Waals surface area contributed by atoms with E-state index in [9.17, 15) is 4.39 Å². The Morgan fingerprint density at radius 1 is 1.13 bits per heavy atom. The van der Waals surface area contributed by atoms with E-state index in [-0.39, 0.29) is 29.0 Å². The summed E-state index contributed by atoms with van der Waals surface area (Å²) >= 11 is 0. The first-order chi connectivity index (χ1) is 14.4. The zero-order valence-electron chi connectivity index (χ0n) is 16.6. The summed E-state index contributed by atoms with van der Waals surface area (Å²) in [4.78, 5) is 0. The summed E-state index contributed by atoms with van der Waals surface area (Å²) in [5.74, 6) is -6.27. The normalized spacial score (nSPS) is 18.8. The van der Waals surface area contributed by atoms with Gasteiger partial charge in [0.2, 0.25) is 0 Å². The average Bonchev–Trinajstić information content (AvgIpc) is 2.97. The highest BCUT2D eigenvalue weighted by Gasteiger charge is 2.50. The molecule has 0 saturated heterocycles. The Kier molecular flexibility index (Phi) is 5.35. The maximum absolute atomic E-state index is 15.4. The summed E-state index contributed by atoms with van der Waals surface area (Å²) in [5.41, 5.74) is -0.515. The van der Waals surface area contributed by atoms with Crippen LogP contribution in [-0.4, -0.2) is 6.61 Å². The molecule has 6 heteroatoms. The standard InChI is InChI=1S/C24H22F4O2/c1-3-5-6-14-7-11-18(30-13-14)17-9-8-15-16-10-12-19(29-4-2)23(26)21(16)24(27,28)20(15)22(17)25/h3,8-10,12-13,18H,1,4-7,11H2,2H3. The molecule has 0 bridgehead atoms. The van der Waals surface area contributed by atoms with E-state index in [1.54, 1.807) is 13.2 Å². The predicted octanol–water partition coefficient (Wildman–Crippen LogP) is 7.19. The highest BCUT2D eigenvalue weighted by molar-refractivity contribution is 5.81. The summed E-state index contributed by atoms with van der Waals surface area (Å²) in [6.07, 6.45) is 5.53. The van der Waals surface area contributed by atoms with Gasteiger partial charge >= 0.3 is 5.92 Å². The Morgan fingerprint density at radius 3 is 2.47 bits per heavy atom. The fourth-order valence-corrected chi connectivity index (χ4v) is 4.17. The topological polar surface area (TPSA) is 18.5 Å². The lowest BCUT2D eigenvalue weighted by Gasteiger charge is -2.25. The fraction of sp³-hybridized carbons (Fsp3) is 0.333. The number of ether oxygens (including phenoxy) is 2. The van der Waals surface area contributed by atoms with Gasteiger partial charge in [0.05, 0.1) is 24.0 Å². The van der Waals surface area contributed by atoms with Crippen LogP contribution in [0.25, 0.3) is 11.1 Å². The number of rotatable bonds is 6. The molecule has 2 aliphatic rings. The minimum Gasteiger partial charge on any atom is -0.493 e. The van der Waals surface area contributed by atoms with Crippen molar-refractivity contribution in [1.82, 2.24) is 0 Å². The molecule has 2 aromatic rings. The minimum atomic E-state index is -3.80. The van der Waals surface area contributed by atoms with Crippen LogP contribution in [0.3, 0.4) is 0 Å². The Morgan fingerprint density at radius 2 is 1.83 bits per heavy atom. The molecule has 2 nitrogen and oxygen atoms in total. The molecule has 158 valence electrons. The van der Waals surface area contributed by atoms with Crippen molar-refractivity contribution in [2.24, 2.45) is 0 Å². The Balaban J connectivity index is 1.72. The van der Waals surface area contributed by atoms with Crippen molar-refractivity contribution in [3.05, 3.63) is 77.1 Å². The first kappa shape index (κ1) is 20.5. The number of hydrogen-bond acceptors (Lipinski definition) is 2. The number of halogens is 4. The summed E-state index contributed by atoms with van der Waals surface area (Å²) < 4.78 is 71.3. The molecule has 1 atom stereocenters. The van der Waals surface area contributed by atoms with Crippen molar-refractivity contribution < 1.29 is 27.0 Å². The molecule has 30 heavy (non-hydrogen) atoms. The quantitative estimate of drug-likeness (QED) is 0.365. The van der Waals surface area contributed by atoms with E-state index in [2.05, 4.69) is 6.58 Å². The summed E-state index contributed by atoms with van der Waals surface area (Å²) in [6, 6.07) is 5.54. The van der Waals surface area contributed by atoms with E-state index in [1.165, 1.54) is 24.3 Å². The predicted molar refractivity (Wildman–Crippen MR) is 107 cm³/mol. The average molecular weight is 418 g/mol. The third-order valence-corrected chi connectivity index (χ3v) is 5.64. The van der Waals surface area contributed by atoms with Gasteiger partial charge in [-0.3, -0.25) is 0 Å². The molecule has 0 radical (unpaired) electrons. The zero-order valence-corrected chi connectivity index (χ0v) is 16.6. The smallest absolute Gasteiger partial charge is 0.305 e. The van der Waals surface area contributed by atoms with E-state index < -0.39 is 34.8 Å². The third-order valence-electron chi connectivity index (χ3n) is 5.64. The Labute approximate surface area is 172 Å². The minimum absolute atomic E-state index is 0.00350. The van der Waals surface area contributed by atoms with Crippen molar-refractivity contribution in [3.63, 3.8) is 0 Å². The van der Waals surface area contributed by atoms with Gasteiger partial charge in [-0.25, -0.2) is 8.78 Å². The fourth-order valence-electron chi connectivity index (χ4n) is 4.17. The highest BCUT2D eigenvalue weighted by Crippen LogP contribution is 2.55. The third kappa shape index (κ3) is 3.18. The second-order valence-electron chi connectivity index (χ2n) is 7.47. The molecule has 0 aromatic heterocycles. The summed E-state index contributed by atoms with van der Waals surface area (Å²) in [7, 11) is 0. The lowest BCUT2D eigenvalue weighted by Crippen LogP contribution is -2.18. The first-order valence-electron chi connectivity index (χ1n) is 10.0. The molecule has 1 aliphatic carbocycles. The number of benzene rings is 2. The van der Waals surface area contributed by atoms with Gasteiger partial charge in [0.25, 0.3) is 0 Å². The Hall–Kier alpha value is -2.76. The van der Waals surface area contributed by atoms with Crippen LogP contribution in [0.1, 0.15) is 55.4 Å². The first-order valence-corrected chi connectivity index (χ1v) is 10.0. The molecule has 1 heterocycles. The van der Waals surface area contributed by atoms with Gasteiger partial charge in [-0.15, -0.1) is 6.58 Å². The van der Waals surface area contributed by atoms with Crippen LogP contribution >= 0.6 is 0 Å². The van der Waals surface area contributed by atoms with E-state index in [0.29, 0.717) is 12.8 Å². The molecule has 0 fully saturated rings. The largest absolute Gasteiger partial charge is 0.493 e. The van der Waals surface area contributed by atoms with Crippen molar-refractivity contribution >= 4 is 0 Å². The van der Waals surface area contributed by atoms with Crippen LogP contribution in [-0.2, 0) is 10.7 Å². The SMILES string of the molecule is C=CCCC1=COC(c2ccc3c(c2F)C(F)(F)c2c-3ccc(OCC)c2F)CC1. The zero-order chi connectivity index (χ0) is 21.5. The van der Waals surface area contributed by atoms with Crippen LogP contribution in [0.4, 0.5) is 17.6 Å². The lowest BCUT2D eigenvalue weighted by molar-refractivity contribution is 0.0388. The van der Waals surface area contributed by atoms with Crippen LogP contribution < -0.4 is 4.74 Å². The van der Waals surface area contributed by atoms with Gasteiger partial charge in [0, 0.05) is 5.56 Å². The molecule has 1 aliphatic heterocycles. The van der Waals surface area contributed by atoms with Gasteiger partial charge in [-0.05, 0) is 61.4 Å². The molecule has 1 unspecified atom stereocenters. The van der Waals surface area contributed by atoms with Crippen molar-refractivity contribution in [3.8, 4) is 16.9 Å². The lowest BCUT2D eigenvalue weighted by atomic mass is 9.93. The molecule has 4 rings (SSSR count). The van der Waals surface area contributed by atoms with Crippen LogP contribution in [0, 0.1) is 11.6 Å². The summed E-state index contributed by atoms with van der Waals surface area (Å²) in [6.45, 7) is 5.45. The molecule has 0 spiro atoms.